The number of hydrogen-bond donors (Lipinski definition) is 0. The molecule has 1 heterocycles. The van der Waals surface area contributed by atoms with E-state index in [0.717, 1.165) is 18.9 Å². The van der Waals surface area contributed by atoms with Gasteiger partial charge >= 0.3 is 0 Å². The summed E-state index contributed by atoms with van der Waals surface area (Å²) in [5, 5.41) is 0.285. The maximum absolute atomic E-state index is 6.73. The molecule has 1 aliphatic heterocycles. The van der Waals surface area contributed by atoms with Gasteiger partial charge in [0.2, 0.25) is 0 Å². The largest absolute Gasteiger partial charge is 0.411 e. The molecule has 0 unspecified atom stereocenters. The number of hydrogen-bond acceptors (Lipinski definition) is 2. The zero-order valence-electron chi connectivity index (χ0n) is 13.2. The Balaban J connectivity index is 2.20. The Hall–Kier alpha value is 0.137. The average molecular weight is 270 g/mol. The summed E-state index contributed by atoms with van der Waals surface area (Å²) in [6, 6.07) is 0. The van der Waals surface area contributed by atoms with Gasteiger partial charge < -0.3 is 9.16 Å². The molecule has 0 amide bonds. The van der Waals surface area contributed by atoms with Crippen LogP contribution in [-0.2, 0) is 9.16 Å². The van der Waals surface area contributed by atoms with E-state index < -0.39 is 8.32 Å². The first kappa shape index (κ1) is 14.5. The molecule has 2 fully saturated rings. The van der Waals surface area contributed by atoms with E-state index in [0.29, 0.717) is 12.0 Å². The second-order valence-corrected chi connectivity index (χ2v) is 12.6. The fourth-order valence-corrected chi connectivity index (χ4v) is 4.67. The summed E-state index contributed by atoms with van der Waals surface area (Å²) in [6.45, 7) is 17.2. The molecule has 2 aliphatic rings. The van der Waals surface area contributed by atoms with Crippen LogP contribution in [0.1, 0.15) is 47.5 Å². The SMILES string of the molecule is CC[C@@]12C[C@@H](C)[C@@H](CO1)[C@@H]2O[Si](C)(C)C(C)(C)C. The maximum atomic E-state index is 6.73. The topological polar surface area (TPSA) is 18.5 Å². The van der Waals surface area contributed by atoms with Crippen molar-refractivity contribution in [3.63, 3.8) is 0 Å². The summed E-state index contributed by atoms with van der Waals surface area (Å²) in [5.41, 5.74) is 0.0274. The van der Waals surface area contributed by atoms with Crippen molar-refractivity contribution in [3.05, 3.63) is 0 Å². The van der Waals surface area contributed by atoms with Crippen molar-refractivity contribution >= 4 is 8.32 Å². The molecule has 1 saturated heterocycles. The predicted octanol–water partition coefficient (Wildman–Crippen LogP) is 4.21. The van der Waals surface area contributed by atoms with E-state index in [1.807, 2.05) is 0 Å². The third kappa shape index (κ3) is 2.08. The normalized spacial score (nSPS) is 40.5. The van der Waals surface area contributed by atoms with Crippen molar-refractivity contribution < 1.29 is 9.16 Å². The second-order valence-electron chi connectivity index (χ2n) is 7.87. The Kier molecular flexibility index (Phi) is 3.49. The minimum Gasteiger partial charge on any atom is -0.411 e. The van der Waals surface area contributed by atoms with Gasteiger partial charge in [0.05, 0.1) is 18.3 Å². The van der Waals surface area contributed by atoms with Crippen LogP contribution in [0.3, 0.4) is 0 Å². The van der Waals surface area contributed by atoms with Crippen LogP contribution in [0.5, 0.6) is 0 Å². The van der Waals surface area contributed by atoms with Crippen LogP contribution in [0.15, 0.2) is 0 Å². The Morgan fingerprint density at radius 3 is 2.39 bits per heavy atom. The van der Waals surface area contributed by atoms with Gasteiger partial charge in [-0.3, -0.25) is 0 Å². The van der Waals surface area contributed by atoms with E-state index in [2.05, 4.69) is 47.7 Å². The molecule has 2 bridgehead atoms. The van der Waals surface area contributed by atoms with Crippen LogP contribution in [0.4, 0.5) is 0 Å². The number of ether oxygens (including phenoxy) is 1. The van der Waals surface area contributed by atoms with E-state index in [4.69, 9.17) is 9.16 Å². The fourth-order valence-electron chi connectivity index (χ4n) is 3.29. The Morgan fingerprint density at radius 2 is 1.94 bits per heavy atom. The van der Waals surface area contributed by atoms with Crippen molar-refractivity contribution in [3.8, 4) is 0 Å². The van der Waals surface area contributed by atoms with Crippen LogP contribution >= 0.6 is 0 Å². The van der Waals surface area contributed by atoms with Gasteiger partial charge in [0.1, 0.15) is 0 Å². The molecule has 0 aromatic rings. The first-order chi connectivity index (χ1) is 8.13. The van der Waals surface area contributed by atoms with Crippen molar-refractivity contribution in [1.82, 2.24) is 0 Å². The monoisotopic (exact) mass is 270 g/mol. The van der Waals surface area contributed by atoms with Gasteiger partial charge in [-0.05, 0) is 36.9 Å². The summed E-state index contributed by atoms with van der Waals surface area (Å²) in [7, 11) is -1.69. The van der Waals surface area contributed by atoms with Crippen LogP contribution < -0.4 is 0 Å². The Labute approximate surface area is 114 Å². The lowest BCUT2D eigenvalue weighted by Crippen LogP contribution is -2.49. The molecule has 4 atom stereocenters. The molecule has 3 heteroatoms. The standard InChI is InChI=1S/C15H30O2Si/c1-8-15-9-11(2)12(10-16-15)13(15)17-18(6,7)14(3,4)5/h11-13H,8-10H2,1-7H3/t11-,12-,13+,15+/m1/s1. The lowest BCUT2D eigenvalue weighted by atomic mass is 9.96. The van der Waals surface area contributed by atoms with Crippen molar-refractivity contribution in [2.24, 2.45) is 11.8 Å². The van der Waals surface area contributed by atoms with E-state index in [9.17, 15) is 0 Å². The quantitative estimate of drug-likeness (QED) is 0.715. The molecule has 0 aromatic carbocycles. The molecular formula is C15H30O2Si. The molecule has 0 N–H and O–H groups in total. The first-order valence-electron chi connectivity index (χ1n) is 7.45. The molecule has 2 rings (SSSR count). The lowest BCUT2D eigenvalue weighted by molar-refractivity contribution is -0.0618. The second kappa shape index (κ2) is 4.32. The molecule has 1 aliphatic carbocycles. The third-order valence-electron chi connectivity index (χ3n) is 5.70. The van der Waals surface area contributed by atoms with Gasteiger partial charge in [0.25, 0.3) is 0 Å². The Morgan fingerprint density at radius 1 is 1.33 bits per heavy atom. The van der Waals surface area contributed by atoms with Crippen molar-refractivity contribution in [1.29, 1.82) is 0 Å². The van der Waals surface area contributed by atoms with Crippen molar-refractivity contribution in [2.75, 3.05) is 6.61 Å². The predicted molar refractivity (Wildman–Crippen MR) is 78.3 cm³/mol. The highest BCUT2D eigenvalue weighted by molar-refractivity contribution is 6.74. The van der Waals surface area contributed by atoms with Crippen molar-refractivity contribution in [2.45, 2.75) is 77.3 Å². The first-order valence-corrected chi connectivity index (χ1v) is 10.4. The van der Waals surface area contributed by atoms with Crippen LogP contribution in [0.2, 0.25) is 18.1 Å². The summed E-state index contributed by atoms with van der Waals surface area (Å²) in [5.74, 6) is 1.38. The molecule has 1 saturated carbocycles. The van der Waals surface area contributed by atoms with Gasteiger partial charge in [-0.1, -0.05) is 34.6 Å². The highest BCUT2D eigenvalue weighted by atomic mass is 28.4. The molecule has 0 aromatic heterocycles. The zero-order valence-corrected chi connectivity index (χ0v) is 14.2. The van der Waals surface area contributed by atoms with Gasteiger partial charge in [0, 0.05) is 5.92 Å². The van der Waals surface area contributed by atoms with E-state index >= 15 is 0 Å². The average Bonchev–Trinajstić information content (AvgIpc) is 2.68. The number of rotatable bonds is 3. The van der Waals surface area contributed by atoms with Gasteiger partial charge in [-0.15, -0.1) is 0 Å². The molecule has 0 radical (unpaired) electrons. The zero-order chi connectivity index (χ0) is 13.8. The highest BCUT2D eigenvalue weighted by Crippen LogP contribution is 2.53. The highest BCUT2D eigenvalue weighted by Gasteiger charge is 2.60. The van der Waals surface area contributed by atoms with Crippen LogP contribution in [0, 0.1) is 11.8 Å². The van der Waals surface area contributed by atoms with Crippen LogP contribution in [-0.4, -0.2) is 26.6 Å². The fraction of sp³-hybridized carbons (Fsp3) is 1.00. The summed E-state index contributed by atoms with van der Waals surface area (Å²) in [4.78, 5) is 0. The minimum absolute atomic E-state index is 0.0274. The van der Waals surface area contributed by atoms with Crippen LogP contribution in [0.25, 0.3) is 0 Å². The number of fused-ring (bicyclic) bond motifs is 2. The summed E-state index contributed by atoms with van der Waals surface area (Å²) in [6.07, 6.45) is 2.62. The van der Waals surface area contributed by atoms with E-state index in [-0.39, 0.29) is 10.6 Å². The smallest absolute Gasteiger partial charge is 0.192 e. The molecule has 2 nitrogen and oxygen atoms in total. The molecule has 18 heavy (non-hydrogen) atoms. The summed E-state index contributed by atoms with van der Waals surface area (Å²) >= 11 is 0. The van der Waals surface area contributed by atoms with E-state index in [1.165, 1.54) is 6.42 Å². The Bertz CT molecular complexity index is 321. The third-order valence-corrected chi connectivity index (χ3v) is 10.2. The van der Waals surface area contributed by atoms with Gasteiger partial charge in [-0.2, -0.15) is 0 Å². The van der Waals surface area contributed by atoms with E-state index in [1.54, 1.807) is 0 Å². The minimum atomic E-state index is -1.69. The maximum Gasteiger partial charge on any atom is 0.192 e. The molecule has 106 valence electrons. The lowest BCUT2D eigenvalue weighted by Gasteiger charge is -2.41. The van der Waals surface area contributed by atoms with Gasteiger partial charge in [-0.25, -0.2) is 0 Å². The molecule has 0 spiro atoms. The molecular weight excluding hydrogens is 240 g/mol. The van der Waals surface area contributed by atoms with Gasteiger partial charge in [0.15, 0.2) is 8.32 Å². The summed E-state index contributed by atoms with van der Waals surface area (Å²) < 4.78 is 12.9.